The minimum absolute atomic E-state index is 0.206. The molecule has 2 aromatic carbocycles. The Balaban J connectivity index is 1.37. The molecule has 1 fully saturated rings. The Morgan fingerprint density at radius 1 is 0.971 bits per heavy atom. The standard InChI is InChI=1S/C26H29FN4O3/c1-18-5-3-6-22(19(18)2)29-26(33)25(32)28-17-23(24-7-4-16-34-24)31-14-12-30(13-15-31)21-10-8-20(27)9-11-21/h3-11,16,23H,12-15,17H2,1-2H3,(H,28,32)(H,29,33). The van der Waals surface area contributed by atoms with Gasteiger partial charge in [0.1, 0.15) is 11.6 Å². The lowest BCUT2D eigenvalue weighted by Crippen LogP contribution is -2.50. The summed E-state index contributed by atoms with van der Waals surface area (Å²) in [5, 5.41) is 5.46. The predicted octanol–water partition coefficient (Wildman–Crippen LogP) is 3.65. The van der Waals surface area contributed by atoms with E-state index in [-0.39, 0.29) is 18.4 Å². The average molecular weight is 465 g/mol. The number of nitrogens with one attached hydrogen (secondary N) is 2. The van der Waals surface area contributed by atoms with Crippen molar-refractivity contribution in [2.75, 3.05) is 42.9 Å². The average Bonchev–Trinajstić information content (AvgIpc) is 3.37. The van der Waals surface area contributed by atoms with Crippen LogP contribution in [0.2, 0.25) is 0 Å². The molecule has 3 aromatic rings. The molecule has 34 heavy (non-hydrogen) atoms. The normalized spacial score (nSPS) is 15.1. The first kappa shape index (κ1) is 23.5. The van der Waals surface area contributed by atoms with Gasteiger partial charge in [0.15, 0.2) is 0 Å². The molecule has 1 atom stereocenters. The van der Waals surface area contributed by atoms with E-state index in [4.69, 9.17) is 4.42 Å². The molecule has 2 N–H and O–H groups in total. The van der Waals surface area contributed by atoms with Crippen LogP contribution < -0.4 is 15.5 Å². The second-order valence-electron chi connectivity index (χ2n) is 8.44. The maximum atomic E-state index is 13.2. The molecular weight excluding hydrogens is 435 g/mol. The molecular formula is C26H29FN4O3. The maximum absolute atomic E-state index is 13.2. The first-order valence-corrected chi connectivity index (χ1v) is 11.4. The highest BCUT2D eigenvalue weighted by Crippen LogP contribution is 2.25. The van der Waals surface area contributed by atoms with Gasteiger partial charge >= 0.3 is 11.8 Å². The van der Waals surface area contributed by atoms with Gasteiger partial charge in [-0.25, -0.2) is 4.39 Å². The molecule has 1 aliphatic heterocycles. The third kappa shape index (κ3) is 5.46. The van der Waals surface area contributed by atoms with Gasteiger partial charge < -0.3 is 20.0 Å². The van der Waals surface area contributed by atoms with E-state index in [9.17, 15) is 14.0 Å². The Kier molecular flexibility index (Phi) is 7.27. The number of furan rings is 1. The Labute approximate surface area is 198 Å². The fourth-order valence-electron chi connectivity index (χ4n) is 4.17. The SMILES string of the molecule is Cc1cccc(NC(=O)C(=O)NCC(c2ccco2)N2CCN(c3ccc(F)cc3)CC2)c1C. The van der Waals surface area contributed by atoms with E-state index in [0.717, 1.165) is 48.8 Å². The summed E-state index contributed by atoms with van der Waals surface area (Å²) in [5.41, 5.74) is 3.57. The summed E-state index contributed by atoms with van der Waals surface area (Å²) >= 11 is 0. The van der Waals surface area contributed by atoms with Crippen LogP contribution in [0.25, 0.3) is 0 Å². The van der Waals surface area contributed by atoms with Crippen LogP contribution in [0, 0.1) is 19.7 Å². The van der Waals surface area contributed by atoms with E-state index < -0.39 is 11.8 Å². The van der Waals surface area contributed by atoms with Gasteiger partial charge in [-0.05, 0) is 67.4 Å². The molecule has 1 saturated heterocycles. The van der Waals surface area contributed by atoms with Crippen molar-refractivity contribution >= 4 is 23.2 Å². The second-order valence-corrected chi connectivity index (χ2v) is 8.44. The molecule has 7 nitrogen and oxygen atoms in total. The van der Waals surface area contributed by atoms with Gasteiger partial charge in [-0.3, -0.25) is 14.5 Å². The number of nitrogens with zero attached hydrogens (tertiary/aromatic N) is 2. The number of aryl methyl sites for hydroxylation is 1. The first-order valence-electron chi connectivity index (χ1n) is 11.4. The van der Waals surface area contributed by atoms with Crippen LogP contribution in [0.15, 0.2) is 65.3 Å². The molecule has 0 bridgehead atoms. The van der Waals surface area contributed by atoms with Crippen molar-refractivity contribution in [2.45, 2.75) is 19.9 Å². The van der Waals surface area contributed by atoms with Gasteiger partial charge in [-0.15, -0.1) is 0 Å². The molecule has 4 rings (SSSR count). The summed E-state index contributed by atoms with van der Waals surface area (Å²) in [4.78, 5) is 29.5. The van der Waals surface area contributed by atoms with Crippen molar-refractivity contribution in [1.82, 2.24) is 10.2 Å². The van der Waals surface area contributed by atoms with Gasteiger partial charge in [0.2, 0.25) is 0 Å². The third-order valence-electron chi connectivity index (χ3n) is 6.33. The van der Waals surface area contributed by atoms with Gasteiger partial charge in [-0.2, -0.15) is 0 Å². The molecule has 0 aliphatic carbocycles. The second kappa shape index (κ2) is 10.5. The number of carbonyl (C=O) groups excluding carboxylic acids is 2. The minimum atomic E-state index is -0.701. The molecule has 0 spiro atoms. The molecule has 0 saturated carbocycles. The van der Waals surface area contributed by atoms with Crippen molar-refractivity contribution in [3.8, 4) is 0 Å². The number of halogens is 1. The Bertz CT molecular complexity index is 1120. The van der Waals surface area contributed by atoms with Crippen LogP contribution in [-0.4, -0.2) is 49.4 Å². The van der Waals surface area contributed by atoms with Crippen molar-refractivity contribution in [2.24, 2.45) is 0 Å². The molecule has 178 valence electrons. The highest BCUT2D eigenvalue weighted by atomic mass is 19.1. The van der Waals surface area contributed by atoms with E-state index in [1.165, 1.54) is 12.1 Å². The smallest absolute Gasteiger partial charge is 0.313 e. The molecule has 2 heterocycles. The lowest BCUT2D eigenvalue weighted by Gasteiger charge is -2.39. The monoisotopic (exact) mass is 464 g/mol. The van der Waals surface area contributed by atoms with Crippen LogP contribution in [0.3, 0.4) is 0 Å². The first-order chi connectivity index (χ1) is 16.4. The van der Waals surface area contributed by atoms with E-state index in [1.54, 1.807) is 24.5 Å². The fourth-order valence-corrected chi connectivity index (χ4v) is 4.17. The van der Waals surface area contributed by atoms with E-state index in [1.807, 2.05) is 38.1 Å². The number of amides is 2. The predicted molar refractivity (Wildman–Crippen MR) is 129 cm³/mol. The van der Waals surface area contributed by atoms with Crippen LogP contribution in [0.4, 0.5) is 15.8 Å². The molecule has 1 aliphatic rings. The summed E-state index contributed by atoms with van der Waals surface area (Å²) in [6.07, 6.45) is 1.60. The Hall–Kier alpha value is -3.65. The molecule has 0 radical (unpaired) electrons. The number of benzene rings is 2. The number of rotatable bonds is 6. The summed E-state index contributed by atoms with van der Waals surface area (Å²) in [5.74, 6) is -0.918. The molecule has 1 unspecified atom stereocenters. The summed E-state index contributed by atoms with van der Waals surface area (Å²) in [7, 11) is 0. The van der Waals surface area contributed by atoms with Gasteiger partial charge in [0.25, 0.3) is 0 Å². The van der Waals surface area contributed by atoms with E-state index in [0.29, 0.717) is 5.69 Å². The quantitative estimate of drug-likeness (QED) is 0.545. The van der Waals surface area contributed by atoms with Gasteiger partial charge in [0.05, 0.1) is 12.3 Å². The van der Waals surface area contributed by atoms with Gasteiger partial charge in [-0.1, -0.05) is 12.1 Å². The summed E-state index contributed by atoms with van der Waals surface area (Å²) < 4.78 is 18.9. The Morgan fingerprint density at radius 3 is 2.38 bits per heavy atom. The van der Waals surface area contributed by atoms with Crippen molar-refractivity contribution in [3.63, 3.8) is 0 Å². The maximum Gasteiger partial charge on any atom is 0.313 e. The zero-order chi connectivity index (χ0) is 24.1. The largest absolute Gasteiger partial charge is 0.468 e. The summed E-state index contributed by atoms with van der Waals surface area (Å²) in [6.45, 7) is 7.06. The van der Waals surface area contributed by atoms with Crippen LogP contribution >= 0.6 is 0 Å². The topological polar surface area (TPSA) is 77.8 Å². The number of anilines is 2. The zero-order valence-corrected chi connectivity index (χ0v) is 19.4. The molecule has 8 heteroatoms. The number of piperazine rings is 1. The number of hydrogen-bond donors (Lipinski definition) is 2. The fraction of sp³-hybridized carbons (Fsp3) is 0.308. The lowest BCUT2D eigenvalue weighted by molar-refractivity contribution is -0.136. The van der Waals surface area contributed by atoms with Crippen molar-refractivity contribution < 1.29 is 18.4 Å². The Morgan fingerprint density at radius 2 is 1.71 bits per heavy atom. The molecule has 1 aromatic heterocycles. The van der Waals surface area contributed by atoms with Crippen LogP contribution in [0.5, 0.6) is 0 Å². The minimum Gasteiger partial charge on any atom is -0.468 e. The van der Waals surface area contributed by atoms with Crippen molar-refractivity contribution in [3.05, 3.63) is 83.6 Å². The van der Waals surface area contributed by atoms with Crippen LogP contribution in [-0.2, 0) is 9.59 Å². The summed E-state index contributed by atoms with van der Waals surface area (Å²) in [6, 6.07) is 15.5. The number of carbonyl (C=O) groups is 2. The zero-order valence-electron chi connectivity index (χ0n) is 19.4. The number of hydrogen-bond acceptors (Lipinski definition) is 5. The van der Waals surface area contributed by atoms with E-state index in [2.05, 4.69) is 20.4 Å². The van der Waals surface area contributed by atoms with Crippen LogP contribution in [0.1, 0.15) is 22.9 Å². The van der Waals surface area contributed by atoms with E-state index >= 15 is 0 Å². The third-order valence-corrected chi connectivity index (χ3v) is 6.33. The highest BCUT2D eigenvalue weighted by Gasteiger charge is 2.28. The van der Waals surface area contributed by atoms with Gasteiger partial charge in [0, 0.05) is 44.1 Å². The van der Waals surface area contributed by atoms with Crippen molar-refractivity contribution in [1.29, 1.82) is 0 Å². The molecule has 2 amide bonds. The lowest BCUT2D eigenvalue weighted by atomic mass is 10.1. The highest BCUT2D eigenvalue weighted by molar-refractivity contribution is 6.39.